The van der Waals surface area contributed by atoms with Crippen LogP contribution in [0.4, 0.5) is 0 Å². The van der Waals surface area contributed by atoms with Crippen LogP contribution >= 0.6 is 15.9 Å². The molecule has 1 aliphatic carbocycles. The van der Waals surface area contributed by atoms with Crippen molar-refractivity contribution in [2.45, 2.75) is 25.7 Å². The first kappa shape index (κ1) is 13.8. The van der Waals surface area contributed by atoms with Gasteiger partial charge in [0, 0.05) is 10.2 Å². The Balaban J connectivity index is 1.73. The number of nitrogens with zero attached hydrogens (tertiary/aromatic N) is 2. The highest BCUT2D eigenvalue weighted by Crippen LogP contribution is 2.28. The van der Waals surface area contributed by atoms with E-state index < -0.39 is 0 Å². The van der Waals surface area contributed by atoms with Crippen LogP contribution in [0.25, 0.3) is 22.3 Å². The Bertz CT molecular complexity index is 844. The molecule has 0 fully saturated rings. The van der Waals surface area contributed by atoms with Crippen LogP contribution in [0.1, 0.15) is 31.2 Å². The summed E-state index contributed by atoms with van der Waals surface area (Å²) in [6.07, 6.45) is 9.36. The number of benzene rings is 2. The number of fused-ring (bicyclic) bond motifs is 1. The topological polar surface area (TPSA) is 17.8 Å². The summed E-state index contributed by atoms with van der Waals surface area (Å²) in [5.74, 6) is 0. The van der Waals surface area contributed by atoms with Gasteiger partial charge in [0.05, 0.1) is 11.0 Å². The molecule has 0 spiro atoms. The lowest BCUT2D eigenvalue weighted by Crippen LogP contribution is -1.94. The molecule has 4 rings (SSSR count). The molecule has 3 heteroatoms. The molecule has 2 nitrogen and oxygen atoms in total. The number of aromatic nitrogens is 2. The van der Waals surface area contributed by atoms with Gasteiger partial charge in [-0.15, -0.1) is 0 Å². The SMILES string of the molecule is Brc1ccc2ncn(-c3ccc(C4=CCCCC4)cc3)c2c1. The summed E-state index contributed by atoms with van der Waals surface area (Å²) < 4.78 is 3.21. The predicted molar refractivity (Wildman–Crippen MR) is 95.2 cm³/mol. The van der Waals surface area contributed by atoms with E-state index in [0.29, 0.717) is 0 Å². The van der Waals surface area contributed by atoms with Crippen molar-refractivity contribution >= 4 is 32.5 Å². The smallest absolute Gasteiger partial charge is 0.100 e. The van der Waals surface area contributed by atoms with Crippen molar-refractivity contribution in [1.82, 2.24) is 9.55 Å². The second-order valence-electron chi connectivity index (χ2n) is 5.77. The lowest BCUT2D eigenvalue weighted by Gasteiger charge is -2.13. The molecule has 0 aliphatic heterocycles. The van der Waals surface area contributed by atoms with E-state index in [0.717, 1.165) is 21.2 Å². The second kappa shape index (κ2) is 5.73. The van der Waals surface area contributed by atoms with Crippen LogP contribution in [0.2, 0.25) is 0 Å². The first-order valence-corrected chi connectivity index (χ1v) is 8.53. The molecule has 110 valence electrons. The van der Waals surface area contributed by atoms with Crippen molar-refractivity contribution in [3.05, 3.63) is 64.9 Å². The van der Waals surface area contributed by atoms with Crippen LogP contribution in [0.15, 0.2) is 59.3 Å². The molecule has 1 aliphatic rings. The minimum absolute atomic E-state index is 1.02. The van der Waals surface area contributed by atoms with Crippen LogP contribution in [0, 0.1) is 0 Å². The maximum atomic E-state index is 4.48. The number of hydrogen-bond acceptors (Lipinski definition) is 1. The number of imidazole rings is 1. The number of allylic oxidation sites excluding steroid dienone is 2. The number of rotatable bonds is 2. The third kappa shape index (κ3) is 2.50. The summed E-state index contributed by atoms with van der Waals surface area (Å²) in [5, 5.41) is 0. The van der Waals surface area contributed by atoms with Gasteiger partial charge in [0.25, 0.3) is 0 Å². The Morgan fingerprint density at radius 3 is 2.64 bits per heavy atom. The fourth-order valence-electron chi connectivity index (χ4n) is 3.12. The van der Waals surface area contributed by atoms with E-state index in [1.807, 2.05) is 18.5 Å². The van der Waals surface area contributed by atoms with E-state index in [1.54, 1.807) is 0 Å². The van der Waals surface area contributed by atoms with Crippen LogP contribution in [-0.4, -0.2) is 9.55 Å². The van der Waals surface area contributed by atoms with Crippen molar-refractivity contribution in [1.29, 1.82) is 0 Å². The molecule has 1 aromatic heterocycles. The summed E-state index contributed by atoms with van der Waals surface area (Å²) in [7, 11) is 0. The molecule has 0 unspecified atom stereocenters. The number of halogens is 1. The Labute approximate surface area is 138 Å². The Morgan fingerprint density at radius 2 is 1.86 bits per heavy atom. The van der Waals surface area contributed by atoms with Crippen LogP contribution in [-0.2, 0) is 0 Å². The molecule has 0 N–H and O–H groups in total. The van der Waals surface area contributed by atoms with Crippen LogP contribution < -0.4 is 0 Å². The van der Waals surface area contributed by atoms with Crippen LogP contribution in [0.5, 0.6) is 0 Å². The van der Waals surface area contributed by atoms with Gasteiger partial charge in [0.2, 0.25) is 0 Å². The summed E-state index contributed by atoms with van der Waals surface area (Å²) in [6.45, 7) is 0. The molecule has 0 radical (unpaired) electrons. The van der Waals surface area contributed by atoms with Crippen LogP contribution in [0.3, 0.4) is 0 Å². The molecule has 0 atom stereocenters. The fourth-order valence-corrected chi connectivity index (χ4v) is 3.47. The quantitative estimate of drug-likeness (QED) is 0.574. The van der Waals surface area contributed by atoms with E-state index in [4.69, 9.17) is 0 Å². The zero-order valence-corrected chi connectivity index (χ0v) is 13.9. The molecule has 3 aromatic rings. The lowest BCUT2D eigenvalue weighted by molar-refractivity contribution is 0.742. The minimum atomic E-state index is 1.02. The van der Waals surface area contributed by atoms with Gasteiger partial charge in [0.15, 0.2) is 0 Å². The average Bonchev–Trinajstić information content (AvgIpc) is 2.99. The highest BCUT2D eigenvalue weighted by Gasteiger charge is 2.08. The first-order valence-electron chi connectivity index (χ1n) is 7.74. The van der Waals surface area contributed by atoms with Gasteiger partial charge in [0.1, 0.15) is 6.33 Å². The molecule has 0 bridgehead atoms. The van der Waals surface area contributed by atoms with Gasteiger partial charge < -0.3 is 0 Å². The third-order valence-corrected chi connectivity index (χ3v) is 4.81. The van der Waals surface area contributed by atoms with E-state index >= 15 is 0 Å². The zero-order valence-electron chi connectivity index (χ0n) is 12.3. The van der Waals surface area contributed by atoms with Gasteiger partial charge in [-0.2, -0.15) is 0 Å². The predicted octanol–water partition coefficient (Wildman–Crippen LogP) is 5.75. The van der Waals surface area contributed by atoms with Crippen molar-refractivity contribution in [2.24, 2.45) is 0 Å². The normalized spacial score (nSPS) is 15.0. The lowest BCUT2D eigenvalue weighted by atomic mass is 9.94. The molecule has 1 heterocycles. The third-order valence-electron chi connectivity index (χ3n) is 4.32. The molecule has 0 saturated heterocycles. The summed E-state index contributed by atoms with van der Waals surface area (Å²) >= 11 is 3.54. The fraction of sp³-hybridized carbons (Fsp3) is 0.211. The Hall–Kier alpha value is -1.87. The summed E-state index contributed by atoms with van der Waals surface area (Å²) in [6, 6.07) is 15.0. The Kier molecular flexibility index (Phi) is 3.59. The largest absolute Gasteiger partial charge is 0.299 e. The summed E-state index contributed by atoms with van der Waals surface area (Å²) in [5.41, 5.74) is 6.15. The standard InChI is InChI=1S/C19H17BrN2/c20-16-8-11-18-19(12-16)22(13-21-18)17-9-6-15(7-10-17)14-4-2-1-3-5-14/h4,6-13H,1-3,5H2. The number of hydrogen-bond donors (Lipinski definition) is 0. The van der Waals surface area contributed by atoms with Gasteiger partial charge >= 0.3 is 0 Å². The average molecular weight is 353 g/mol. The van der Waals surface area contributed by atoms with Gasteiger partial charge in [-0.3, -0.25) is 4.57 Å². The maximum Gasteiger partial charge on any atom is 0.100 e. The van der Waals surface area contributed by atoms with Crippen molar-refractivity contribution in [3.8, 4) is 5.69 Å². The minimum Gasteiger partial charge on any atom is -0.299 e. The first-order chi connectivity index (χ1) is 10.8. The van der Waals surface area contributed by atoms with E-state index in [2.05, 4.69) is 61.9 Å². The molecule has 2 aromatic carbocycles. The van der Waals surface area contributed by atoms with Crippen molar-refractivity contribution in [3.63, 3.8) is 0 Å². The van der Waals surface area contributed by atoms with Gasteiger partial charge in [-0.25, -0.2) is 4.98 Å². The molecular formula is C19H17BrN2. The van der Waals surface area contributed by atoms with Crippen molar-refractivity contribution < 1.29 is 0 Å². The van der Waals surface area contributed by atoms with Gasteiger partial charge in [-0.05, 0) is 67.2 Å². The van der Waals surface area contributed by atoms with E-state index in [9.17, 15) is 0 Å². The van der Waals surface area contributed by atoms with Crippen molar-refractivity contribution in [2.75, 3.05) is 0 Å². The van der Waals surface area contributed by atoms with Gasteiger partial charge in [-0.1, -0.05) is 34.1 Å². The molecular weight excluding hydrogens is 336 g/mol. The van der Waals surface area contributed by atoms with E-state index in [-0.39, 0.29) is 0 Å². The highest BCUT2D eigenvalue weighted by atomic mass is 79.9. The summed E-state index contributed by atoms with van der Waals surface area (Å²) in [4.78, 5) is 4.48. The molecule has 22 heavy (non-hydrogen) atoms. The second-order valence-corrected chi connectivity index (χ2v) is 6.69. The zero-order chi connectivity index (χ0) is 14.9. The molecule has 0 amide bonds. The monoisotopic (exact) mass is 352 g/mol. The Morgan fingerprint density at radius 1 is 1.00 bits per heavy atom. The van der Waals surface area contributed by atoms with E-state index in [1.165, 1.54) is 36.8 Å². The maximum absolute atomic E-state index is 4.48. The highest BCUT2D eigenvalue weighted by molar-refractivity contribution is 9.10. The molecule has 0 saturated carbocycles.